The molecule has 0 saturated heterocycles. The van der Waals surface area contributed by atoms with Gasteiger partial charge < -0.3 is 24.8 Å². The van der Waals surface area contributed by atoms with Crippen LogP contribution in [-0.2, 0) is 16.0 Å². The fraction of sp³-hybridized carbons (Fsp3) is 0.388. The molecule has 4 aromatic rings. The topological polar surface area (TPSA) is 92.4 Å². The van der Waals surface area contributed by atoms with Crippen LogP contribution in [0.15, 0.2) is 84.9 Å². The van der Waals surface area contributed by atoms with Crippen molar-refractivity contribution in [2.75, 3.05) is 44.5 Å². The maximum atomic E-state index is 13.1. The maximum Gasteiger partial charge on any atom is 0.248 e. The number of anilines is 2. The molecule has 0 aliphatic carbocycles. The van der Waals surface area contributed by atoms with Gasteiger partial charge in [0, 0.05) is 60.3 Å². The van der Waals surface area contributed by atoms with E-state index >= 15 is 0 Å². The van der Waals surface area contributed by atoms with E-state index in [1.165, 1.54) is 54.6 Å². The number of methoxy groups -OCH3 is 2. The Morgan fingerprint density at radius 1 is 0.613 bits per heavy atom. The molecule has 4 aromatic carbocycles. The van der Waals surface area contributed by atoms with E-state index < -0.39 is 11.6 Å². The van der Waals surface area contributed by atoms with Gasteiger partial charge in [0.2, 0.25) is 11.8 Å². The second-order valence-electron chi connectivity index (χ2n) is 15.7. The van der Waals surface area contributed by atoms with E-state index in [0.29, 0.717) is 64.8 Å². The van der Waals surface area contributed by atoms with E-state index in [1.54, 1.807) is 38.5 Å². The summed E-state index contributed by atoms with van der Waals surface area (Å²) in [5.41, 5.74) is 3.45. The van der Waals surface area contributed by atoms with Crippen LogP contribution in [0.1, 0.15) is 78.5 Å². The summed E-state index contributed by atoms with van der Waals surface area (Å²) in [6, 6.07) is 20.7. The maximum absolute atomic E-state index is 13.1. The third-order valence-electron chi connectivity index (χ3n) is 9.86. The monoisotopic (exact) mass is 894 g/mol. The molecule has 336 valence electrons. The molecular formula is C49H62Cl2F2N4O5. The summed E-state index contributed by atoms with van der Waals surface area (Å²) in [6.07, 6.45) is 7.66. The number of nitrogens with one attached hydrogen (secondary N) is 2. The summed E-state index contributed by atoms with van der Waals surface area (Å²) in [7, 11) is 3.23. The largest absolute Gasteiger partial charge is 0.496 e. The lowest BCUT2D eigenvalue weighted by molar-refractivity contribution is -0.112. The molecule has 0 unspecified atom stereocenters. The number of hydrogen-bond acceptors (Lipinski definition) is 7. The molecule has 0 atom stereocenters. The van der Waals surface area contributed by atoms with E-state index in [0.717, 1.165) is 37.2 Å². The molecule has 2 amide bonds. The molecule has 0 spiro atoms. The highest BCUT2D eigenvalue weighted by Gasteiger charge is 2.16. The number of ether oxygens (including phenoxy) is 3. The zero-order valence-corrected chi connectivity index (χ0v) is 39.0. The van der Waals surface area contributed by atoms with Crippen LogP contribution in [0.4, 0.5) is 20.2 Å². The number of carbonyl (C=O) groups excluding carboxylic acids is 2. The molecule has 0 aliphatic rings. The molecule has 62 heavy (non-hydrogen) atoms. The molecule has 0 bridgehead atoms. The van der Waals surface area contributed by atoms with Crippen molar-refractivity contribution in [2.24, 2.45) is 0 Å². The first kappa shape index (κ1) is 51.4. The fourth-order valence-corrected chi connectivity index (χ4v) is 7.29. The summed E-state index contributed by atoms with van der Waals surface area (Å²) in [6.45, 7) is 19.7. The van der Waals surface area contributed by atoms with Gasteiger partial charge in [-0.2, -0.15) is 0 Å². The van der Waals surface area contributed by atoms with Crippen molar-refractivity contribution in [3.05, 3.63) is 123 Å². The Bertz CT molecular complexity index is 1960. The highest BCUT2D eigenvalue weighted by Crippen LogP contribution is 2.31. The molecule has 0 fully saturated rings. The smallest absolute Gasteiger partial charge is 0.248 e. The zero-order valence-electron chi connectivity index (χ0n) is 37.5. The number of benzene rings is 4. The van der Waals surface area contributed by atoms with Crippen LogP contribution in [0.2, 0.25) is 10.0 Å². The van der Waals surface area contributed by atoms with E-state index in [4.69, 9.17) is 37.4 Å². The van der Waals surface area contributed by atoms with Gasteiger partial charge in [-0.05, 0) is 158 Å². The van der Waals surface area contributed by atoms with Crippen LogP contribution in [-0.4, -0.2) is 79.7 Å². The molecule has 0 radical (unpaired) electrons. The Morgan fingerprint density at radius 2 is 1.06 bits per heavy atom. The van der Waals surface area contributed by atoms with Gasteiger partial charge in [0.15, 0.2) is 11.5 Å². The number of carbonyl (C=O) groups is 2. The fourth-order valence-electron chi connectivity index (χ4n) is 6.83. The Labute approximate surface area is 377 Å². The van der Waals surface area contributed by atoms with Crippen molar-refractivity contribution in [2.45, 2.75) is 92.4 Å². The number of amides is 2. The highest BCUT2D eigenvalue weighted by molar-refractivity contribution is 6.32. The van der Waals surface area contributed by atoms with Gasteiger partial charge in [-0.1, -0.05) is 35.3 Å². The van der Waals surface area contributed by atoms with Crippen LogP contribution in [0.5, 0.6) is 17.2 Å². The lowest BCUT2D eigenvalue weighted by atomic mass is 10.1. The summed E-state index contributed by atoms with van der Waals surface area (Å²) >= 11 is 12.0. The first-order valence-electron chi connectivity index (χ1n) is 20.8. The van der Waals surface area contributed by atoms with Crippen molar-refractivity contribution in [1.82, 2.24) is 9.80 Å². The van der Waals surface area contributed by atoms with Crippen molar-refractivity contribution >= 4 is 58.5 Å². The first-order valence-corrected chi connectivity index (χ1v) is 21.5. The van der Waals surface area contributed by atoms with Crippen molar-refractivity contribution in [1.29, 1.82) is 0 Å². The van der Waals surface area contributed by atoms with Crippen LogP contribution >= 0.6 is 23.2 Å². The minimum absolute atomic E-state index is 0.237. The highest BCUT2D eigenvalue weighted by atomic mass is 35.5. The number of aryl methyl sites for hydroxylation is 1. The molecule has 0 heterocycles. The van der Waals surface area contributed by atoms with E-state index in [1.807, 2.05) is 18.2 Å². The third kappa shape index (κ3) is 17.1. The Hall–Kier alpha value is -4.94. The molecule has 0 saturated carbocycles. The molecular weight excluding hydrogens is 833 g/mol. The number of hydrogen-bond donors (Lipinski definition) is 2. The molecule has 4 rings (SSSR count). The van der Waals surface area contributed by atoms with Gasteiger partial charge in [0.1, 0.15) is 24.0 Å². The van der Waals surface area contributed by atoms with E-state index in [2.05, 4.69) is 75.8 Å². The third-order valence-corrected chi connectivity index (χ3v) is 10.5. The van der Waals surface area contributed by atoms with Crippen LogP contribution in [0, 0.1) is 11.6 Å². The standard InChI is InChI=1S/C25H32ClFN2O2.C24H30ClFN2O3/c1-17(2)29(18(3)4)14-6-7-20-15-22(11-12-24(20)31-5)28-25(30)13-9-19-8-10-21(27)16-23(19)26;1-16(2)28(17(3)4)12-13-31-23-15-20(9-10-22(23)30-5)27-24(29)11-7-18-6-8-19(26)14-21(18)25/h8-13,15-18H,6-7,14H2,1-5H3,(H,28,30);6-11,14-17H,12-13H2,1-5H3,(H,27,29)/b13-9+;11-7+. The average Bonchev–Trinajstić information content (AvgIpc) is 3.20. The van der Waals surface area contributed by atoms with Crippen molar-refractivity contribution < 1.29 is 32.6 Å². The second kappa shape index (κ2) is 25.9. The van der Waals surface area contributed by atoms with Crippen LogP contribution in [0.25, 0.3) is 12.2 Å². The number of halogens is 4. The quantitative estimate of drug-likeness (QED) is 0.0854. The molecule has 0 aliphatic heterocycles. The SMILES string of the molecule is COc1ccc(NC(=O)/C=C/c2ccc(F)cc2Cl)cc1CCCN(C(C)C)C(C)C.COc1ccc(NC(=O)/C=C/c2ccc(F)cc2Cl)cc1OCCN(C(C)C)C(C)C. The lowest BCUT2D eigenvalue weighted by Gasteiger charge is -2.30. The molecule has 13 heteroatoms. The molecule has 2 N–H and O–H groups in total. The van der Waals surface area contributed by atoms with E-state index in [9.17, 15) is 18.4 Å². The van der Waals surface area contributed by atoms with Gasteiger partial charge in [0.05, 0.1) is 24.3 Å². The van der Waals surface area contributed by atoms with Crippen molar-refractivity contribution in [3.8, 4) is 17.2 Å². The van der Waals surface area contributed by atoms with Gasteiger partial charge >= 0.3 is 0 Å². The molecule has 0 aromatic heterocycles. The zero-order chi connectivity index (χ0) is 45.9. The van der Waals surface area contributed by atoms with Gasteiger partial charge in [0.25, 0.3) is 0 Å². The van der Waals surface area contributed by atoms with Crippen LogP contribution in [0.3, 0.4) is 0 Å². The number of rotatable bonds is 20. The minimum atomic E-state index is -0.428. The Balaban J connectivity index is 0.000000330. The summed E-state index contributed by atoms with van der Waals surface area (Å²) < 4.78 is 43.1. The van der Waals surface area contributed by atoms with Crippen LogP contribution < -0.4 is 24.8 Å². The number of nitrogens with zero attached hydrogens (tertiary/aromatic N) is 2. The van der Waals surface area contributed by atoms with E-state index in [-0.39, 0.29) is 21.9 Å². The average molecular weight is 896 g/mol. The summed E-state index contributed by atoms with van der Waals surface area (Å²) in [5.74, 6) is 0.479. The molecule has 9 nitrogen and oxygen atoms in total. The Kier molecular flexibility index (Phi) is 21.4. The predicted molar refractivity (Wildman–Crippen MR) is 252 cm³/mol. The van der Waals surface area contributed by atoms with Gasteiger partial charge in [-0.3, -0.25) is 19.4 Å². The predicted octanol–water partition coefficient (Wildman–Crippen LogP) is 11.8. The lowest BCUT2D eigenvalue weighted by Crippen LogP contribution is -2.39. The van der Waals surface area contributed by atoms with Gasteiger partial charge in [-0.25, -0.2) is 8.78 Å². The second-order valence-corrected chi connectivity index (χ2v) is 16.5. The Morgan fingerprint density at radius 3 is 1.52 bits per heavy atom. The van der Waals surface area contributed by atoms with Crippen molar-refractivity contribution in [3.63, 3.8) is 0 Å². The first-order chi connectivity index (χ1) is 29.4. The normalized spacial score (nSPS) is 11.6. The minimum Gasteiger partial charge on any atom is -0.496 e. The summed E-state index contributed by atoms with van der Waals surface area (Å²) in [5, 5.41) is 6.14. The summed E-state index contributed by atoms with van der Waals surface area (Å²) in [4.78, 5) is 29.4. The van der Waals surface area contributed by atoms with Gasteiger partial charge in [-0.15, -0.1) is 0 Å².